The van der Waals surface area contributed by atoms with Crippen molar-refractivity contribution in [3.05, 3.63) is 11.7 Å². The predicted molar refractivity (Wildman–Crippen MR) is 79.7 cm³/mol. The zero-order valence-electron chi connectivity index (χ0n) is 12.8. The molecule has 22 heavy (non-hydrogen) atoms. The lowest BCUT2D eigenvalue weighted by molar-refractivity contribution is 0.0921. The molecule has 8 heteroatoms. The highest BCUT2D eigenvalue weighted by molar-refractivity contribution is 7.90. The maximum absolute atomic E-state index is 12.6. The van der Waals surface area contributed by atoms with Crippen molar-refractivity contribution >= 4 is 10.0 Å². The van der Waals surface area contributed by atoms with Gasteiger partial charge in [0.05, 0.1) is 12.6 Å². The summed E-state index contributed by atoms with van der Waals surface area (Å²) in [4.78, 5) is 4.24. The lowest BCUT2D eigenvalue weighted by atomic mass is 10.1. The minimum atomic E-state index is -3.46. The van der Waals surface area contributed by atoms with Gasteiger partial charge in [0, 0.05) is 13.0 Å². The predicted octanol–water partition coefficient (Wildman–Crippen LogP) is 1.71. The molecule has 1 aromatic rings. The summed E-state index contributed by atoms with van der Waals surface area (Å²) in [5, 5.41) is 3.38. The summed E-state index contributed by atoms with van der Waals surface area (Å²) in [5.74, 6) is 1.42. The Morgan fingerprint density at radius 2 is 2.00 bits per heavy atom. The third kappa shape index (κ3) is 3.67. The average molecular weight is 329 g/mol. The zero-order valence-corrected chi connectivity index (χ0v) is 13.6. The molecule has 2 aliphatic carbocycles. The van der Waals surface area contributed by atoms with E-state index in [2.05, 4.69) is 14.9 Å². The van der Waals surface area contributed by atoms with Crippen LogP contribution in [0.1, 0.15) is 62.6 Å². The summed E-state index contributed by atoms with van der Waals surface area (Å²) in [7, 11) is -1.88. The van der Waals surface area contributed by atoms with Crippen LogP contribution in [-0.2, 0) is 21.3 Å². The molecule has 1 N–H and O–H groups in total. The second-order valence-electron chi connectivity index (χ2n) is 6.14. The second kappa shape index (κ2) is 6.64. The van der Waals surface area contributed by atoms with Gasteiger partial charge in [0.25, 0.3) is 0 Å². The number of ether oxygens (including phenoxy) is 1. The SMILES string of the molecule is CO[C@@H]1CCCCC[C@@H]1S(=O)(=O)NCc1nc(C2CC2)no1. The Balaban J connectivity index is 1.63. The Morgan fingerprint density at radius 3 is 2.73 bits per heavy atom. The number of nitrogens with zero attached hydrogens (tertiary/aromatic N) is 2. The van der Waals surface area contributed by atoms with Crippen molar-refractivity contribution in [3.63, 3.8) is 0 Å². The molecule has 0 bridgehead atoms. The van der Waals surface area contributed by atoms with Crippen LogP contribution in [0, 0.1) is 0 Å². The fraction of sp³-hybridized carbons (Fsp3) is 0.857. The van der Waals surface area contributed by atoms with Crippen LogP contribution < -0.4 is 4.72 Å². The first-order valence-electron chi connectivity index (χ1n) is 7.94. The Hall–Kier alpha value is -0.990. The lowest BCUT2D eigenvalue weighted by Crippen LogP contribution is -2.41. The molecule has 0 spiro atoms. The molecule has 0 unspecified atom stereocenters. The number of hydrogen-bond donors (Lipinski definition) is 1. The van der Waals surface area contributed by atoms with Gasteiger partial charge in [-0.05, 0) is 25.7 Å². The monoisotopic (exact) mass is 329 g/mol. The third-order valence-corrected chi connectivity index (χ3v) is 6.33. The van der Waals surface area contributed by atoms with E-state index in [4.69, 9.17) is 9.26 Å². The van der Waals surface area contributed by atoms with Crippen LogP contribution in [0.25, 0.3) is 0 Å². The van der Waals surface area contributed by atoms with Gasteiger partial charge in [0.2, 0.25) is 15.9 Å². The van der Waals surface area contributed by atoms with E-state index in [9.17, 15) is 8.42 Å². The lowest BCUT2D eigenvalue weighted by Gasteiger charge is -2.23. The third-order valence-electron chi connectivity index (χ3n) is 4.44. The van der Waals surface area contributed by atoms with Crippen LogP contribution in [0.4, 0.5) is 0 Å². The van der Waals surface area contributed by atoms with Gasteiger partial charge < -0.3 is 9.26 Å². The molecule has 124 valence electrons. The standard InChI is InChI=1S/C14H23N3O4S/c1-20-11-5-3-2-4-6-12(11)22(18,19)15-9-13-16-14(17-21-13)10-7-8-10/h10-12,15H,2-9H2,1H3/t11-,12+/m1/s1. The van der Waals surface area contributed by atoms with Crippen molar-refractivity contribution in [2.75, 3.05) is 7.11 Å². The summed E-state index contributed by atoms with van der Waals surface area (Å²) < 4.78 is 38.2. The van der Waals surface area contributed by atoms with Gasteiger partial charge in [-0.15, -0.1) is 0 Å². The summed E-state index contributed by atoms with van der Waals surface area (Å²) >= 11 is 0. The first-order valence-corrected chi connectivity index (χ1v) is 9.48. The van der Waals surface area contributed by atoms with E-state index in [1.54, 1.807) is 7.11 Å². The summed E-state index contributed by atoms with van der Waals surface area (Å²) in [6.45, 7) is 0.0506. The summed E-state index contributed by atoms with van der Waals surface area (Å²) in [5.41, 5.74) is 0. The number of rotatable bonds is 6. The largest absolute Gasteiger partial charge is 0.380 e. The first kappa shape index (κ1) is 15.9. The zero-order chi connectivity index (χ0) is 15.6. The number of methoxy groups -OCH3 is 1. The van der Waals surface area contributed by atoms with Crippen LogP contribution >= 0.6 is 0 Å². The van der Waals surface area contributed by atoms with E-state index >= 15 is 0 Å². The quantitative estimate of drug-likeness (QED) is 0.799. The Bertz CT molecular complexity index is 597. The Morgan fingerprint density at radius 1 is 1.23 bits per heavy atom. The van der Waals surface area contributed by atoms with Crippen LogP contribution in [0.2, 0.25) is 0 Å². The molecule has 2 fully saturated rings. The molecule has 0 saturated heterocycles. The summed E-state index contributed by atoms with van der Waals surface area (Å²) in [6, 6.07) is 0. The van der Waals surface area contributed by atoms with Crippen LogP contribution in [-0.4, -0.2) is 37.0 Å². The van der Waals surface area contributed by atoms with E-state index in [-0.39, 0.29) is 12.6 Å². The van der Waals surface area contributed by atoms with Gasteiger partial charge >= 0.3 is 0 Å². The van der Waals surface area contributed by atoms with Crippen LogP contribution in [0.5, 0.6) is 0 Å². The highest BCUT2D eigenvalue weighted by Gasteiger charge is 2.35. The highest BCUT2D eigenvalue weighted by Crippen LogP contribution is 2.38. The van der Waals surface area contributed by atoms with Gasteiger partial charge in [0.15, 0.2) is 5.82 Å². The van der Waals surface area contributed by atoms with Crippen molar-refractivity contribution in [2.45, 2.75) is 68.8 Å². The van der Waals surface area contributed by atoms with Gasteiger partial charge in [-0.25, -0.2) is 13.1 Å². The highest BCUT2D eigenvalue weighted by atomic mass is 32.2. The van der Waals surface area contributed by atoms with Crippen molar-refractivity contribution < 1.29 is 17.7 Å². The van der Waals surface area contributed by atoms with E-state index < -0.39 is 15.3 Å². The summed E-state index contributed by atoms with van der Waals surface area (Å²) in [6.07, 6.45) is 6.32. The molecule has 3 rings (SSSR count). The molecule has 1 heterocycles. The Labute approximate surface area is 130 Å². The average Bonchev–Trinajstić information content (AvgIpc) is 3.29. The normalized spacial score (nSPS) is 26.8. The smallest absolute Gasteiger partial charge is 0.241 e. The first-order chi connectivity index (χ1) is 10.6. The number of sulfonamides is 1. The van der Waals surface area contributed by atoms with E-state index in [1.165, 1.54) is 0 Å². The second-order valence-corrected chi connectivity index (χ2v) is 8.12. The molecule has 2 saturated carbocycles. The fourth-order valence-corrected chi connectivity index (χ4v) is 4.64. The maximum atomic E-state index is 12.6. The molecule has 0 aliphatic heterocycles. The van der Waals surface area contributed by atoms with Crippen molar-refractivity contribution in [3.8, 4) is 0 Å². The minimum absolute atomic E-state index is 0.0506. The number of aromatic nitrogens is 2. The van der Waals surface area contributed by atoms with Crippen molar-refractivity contribution in [1.29, 1.82) is 0 Å². The molecule has 0 radical (unpaired) electrons. The molecular formula is C14H23N3O4S. The molecule has 2 atom stereocenters. The van der Waals surface area contributed by atoms with Gasteiger partial charge in [-0.3, -0.25) is 0 Å². The maximum Gasteiger partial charge on any atom is 0.241 e. The minimum Gasteiger partial charge on any atom is -0.380 e. The Kier molecular flexibility index (Phi) is 4.79. The van der Waals surface area contributed by atoms with Crippen molar-refractivity contribution in [1.82, 2.24) is 14.9 Å². The van der Waals surface area contributed by atoms with E-state index in [0.717, 1.165) is 38.5 Å². The van der Waals surface area contributed by atoms with E-state index in [0.29, 0.717) is 24.1 Å². The van der Waals surface area contributed by atoms with Gasteiger partial charge in [0.1, 0.15) is 5.25 Å². The number of nitrogens with one attached hydrogen (secondary N) is 1. The van der Waals surface area contributed by atoms with Gasteiger partial charge in [-0.1, -0.05) is 24.4 Å². The molecule has 2 aliphatic rings. The van der Waals surface area contributed by atoms with Crippen LogP contribution in [0.15, 0.2) is 4.52 Å². The van der Waals surface area contributed by atoms with Crippen molar-refractivity contribution in [2.24, 2.45) is 0 Å². The molecular weight excluding hydrogens is 306 g/mol. The van der Waals surface area contributed by atoms with Gasteiger partial charge in [-0.2, -0.15) is 4.98 Å². The molecule has 1 aromatic heterocycles. The number of hydrogen-bond acceptors (Lipinski definition) is 6. The molecule has 0 aromatic carbocycles. The topological polar surface area (TPSA) is 94.3 Å². The van der Waals surface area contributed by atoms with E-state index in [1.807, 2.05) is 0 Å². The molecule has 0 amide bonds. The molecule has 7 nitrogen and oxygen atoms in total. The fourth-order valence-electron chi connectivity index (χ4n) is 2.98. The van der Waals surface area contributed by atoms with Crippen LogP contribution in [0.3, 0.4) is 0 Å².